The molecule has 2 atom stereocenters. The second-order valence-electron chi connectivity index (χ2n) is 4.54. The van der Waals surface area contributed by atoms with Crippen LogP contribution in [0.5, 0.6) is 0 Å². The number of nitrogens with zero attached hydrogens (tertiary/aromatic N) is 1. The lowest BCUT2D eigenvalue weighted by atomic mass is 9.80. The lowest BCUT2D eigenvalue weighted by Crippen LogP contribution is -2.36. The first-order valence-corrected chi connectivity index (χ1v) is 4.70. The third-order valence-electron chi connectivity index (χ3n) is 2.30. The van der Waals surface area contributed by atoms with E-state index in [1.165, 1.54) is 7.11 Å². The molecule has 0 spiro atoms. The fourth-order valence-electron chi connectivity index (χ4n) is 1.51. The largest absolute Gasteiger partial charge is 0.468 e. The number of carbonyl (C=O) groups is 1. The SMILES string of the molecule is COC(=O)C1C(C(C)(C)C)=NOC1C. The van der Waals surface area contributed by atoms with E-state index < -0.39 is 0 Å². The van der Waals surface area contributed by atoms with Crippen LogP contribution < -0.4 is 0 Å². The smallest absolute Gasteiger partial charge is 0.318 e. The van der Waals surface area contributed by atoms with E-state index in [0.29, 0.717) is 0 Å². The maximum atomic E-state index is 11.5. The van der Waals surface area contributed by atoms with E-state index in [0.717, 1.165) is 5.71 Å². The maximum Gasteiger partial charge on any atom is 0.318 e. The first-order valence-electron chi connectivity index (χ1n) is 4.70. The Morgan fingerprint density at radius 1 is 1.50 bits per heavy atom. The molecular formula is C10H17NO3. The minimum absolute atomic E-state index is 0.163. The molecule has 0 aromatic rings. The molecule has 0 saturated carbocycles. The van der Waals surface area contributed by atoms with Crippen LogP contribution in [0.4, 0.5) is 0 Å². The lowest BCUT2D eigenvalue weighted by Gasteiger charge is -2.22. The number of ether oxygens (including phenoxy) is 1. The molecule has 0 N–H and O–H groups in total. The van der Waals surface area contributed by atoms with E-state index in [2.05, 4.69) is 5.16 Å². The van der Waals surface area contributed by atoms with Gasteiger partial charge in [0.25, 0.3) is 0 Å². The Kier molecular flexibility index (Phi) is 2.83. The average Bonchev–Trinajstić information content (AvgIpc) is 2.45. The van der Waals surface area contributed by atoms with Gasteiger partial charge in [-0.2, -0.15) is 0 Å². The standard InChI is InChI=1S/C10H17NO3/c1-6-7(9(12)13-5)8(11-14-6)10(2,3)4/h6-7H,1-5H3. The predicted molar refractivity (Wildman–Crippen MR) is 52.9 cm³/mol. The zero-order valence-electron chi connectivity index (χ0n) is 9.33. The number of methoxy groups -OCH3 is 1. The fourth-order valence-corrected chi connectivity index (χ4v) is 1.51. The molecule has 2 unspecified atom stereocenters. The molecular weight excluding hydrogens is 182 g/mol. The zero-order valence-corrected chi connectivity index (χ0v) is 9.33. The van der Waals surface area contributed by atoms with Crippen LogP contribution in [0.15, 0.2) is 5.16 Å². The second kappa shape index (κ2) is 3.59. The summed E-state index contributed by atoms with van der Waals surface area (Å²) in [6.07, 6.45) is -0.225. The van der Waals surface area contributed by atoms with Crippen LogP contribution in [0.25, 0.3) is 0 Å². The summed E-state index contributed by atoms with van der Waals surface area (Å²) in [5.41, 5.74) is 0.598. The van der Waals surface area contributed by atoms with Gasteiger partial charge in [-0.25, -0.2) is 0 Å². The summed E-state index contributed by atoms with van der Waals surface area (Å²) in [7, 11) is 1.38. The van der Waals surface area contributed by atoms with E-state index >= 15 is 0 Å². The van der Waals surface area contributed by atoms with Crippen molar-refractivity contribution in [2.45, 2.75) is 33.8 Å². The molecule has 0 aliphatic carbocycles. The first kappa shape index (κ1) is 11.0. The van der Waals surface area contributed by atoms with Crippen molar-refractivity contribution in [2.75, 3.05) is 7.11 Å². The molecule has 0 amide bonds. The van der Waals surface area contributed by atoms with Crippen LogP contribution >= 0.6 is 0 Å². The van der Waals surface area contributed by atoms with Crippen LogP contribution in [0, 0.1) is 11.3 Å². The Morgan fingerprint density at radius 2 is 2.07 bits per heavy atom. The molecule has 1 aliphatic heterocycles. The molecule has 4 heteroatoms. The molecule has 0 aromatic heterocycles. The summed E-state index contributed by atoms with van der Waals surface area (Å²) < 4.78 is 4.73. The van der Waals surface area contributed by atoms with Crippen LogP contribution in [0.2, 0.25) is 0 Å². The number of rotatable bonds is 1. The van der Waals surface area contributed by atoms with E-state index in [1.54, 1.807) is 0 Å². The highest BCUT2D eigenvalue weighted by molar-refractivity contribution is 6.05. The van der Waals surface area contributed by atoms with Gasteiger partial charge in [-0.1, -0.05) is 25.9 Å². The number of carbonyl (C=O) groups excluding carboxylic acids is 1. The fraction of sp³-hybridized carbons (Fsp3) is 0.800. The van der Waals surface area contributed by atoms with Gasteiger partial charge in [-0.15, -0.1) is 0 Å². The van der Waals surface area contributed by atoms with Crippen molar-refractivity contribution in [1.29, 1.82) is 0 Å². The topological polar surface area (TPSA) is 47.9 Å². The van der Waals surface area contributed by atoms with E-state index in [1.807, 2.05) is 27.7 Å². The number of hydrogen-bond acceptors (Lipinski definition) is 4. The third-order valence-corrected chi connectivity index (χ3v) is 2.30. The van der Waals surface area contributed by atoms with Gasteiger partial charge in [0.15, 0.2) is 0 Å². The quantitative estimate of drug-likeness (QED) is 0.602. The summed E-state index contributed by atoms with van der Waals surface area (Å²) in [5, 5.41) is 3.95. The second-order valence-corrected chi connectivity index (χ2v) is 4.54. The minimum atomic E-state index is -0.361. The monoisotopic (exact) mass is 199 g/mol. The molecule has 14 heavy (non-hydrogen) atoms. The highest BCUT2D eigenvalue weighted by Crippen LogP contribution is 2.30. The van der Waals surface area contributed by atoms with Crippen molar-refractivity contribution in [3.05, 3.63) is 0 Å². The maximum absolute atomic E-state index is 11.5. The van der Waals surface area contributed by atoms with Gasteiger partial charge in [-0.3, -0.25) is 4.79 Å². The molecule has 0 aromatic carbocycles. The van der Waals surface area contributed by atoms with Gasteiger partial charge < -0.3 is 9.57 Å². The minimum Gasteiger partial charge on any atom is -0.468 e. The zero-order chi connectivity index (χ0) is 10.9. The Bertz CT molecular complexity index is 265. The van der Waals surface area contributed by atoms with Crippen molar-refractivity contribution >= 4 is 11.7 Å². The van der Waals surface area contributed by atoms with Gasteiger partial charge >= 0.3 is 5.97 Å². The first-order chi connectivity index (χ1) is 6.38. The normalized spacial score (nSPS) is 26.8. The summed E-state index contributed by atoms with van der Waals surface area (Å²) in [6.45, 7) is 7.83. The number of hydrogen-bond donors (Lipinski definition) is 0. The molecule has 80 valence electrons. The van der Waals surface area contributed by atoms with Gasteiger partial charge in [0.05, 0.1) is 12.8 Å². The third kappa shape index (κ3) is 1.89. The van der Waals surface area contributed by atoms with Crippen LogP contribution in [0.3, 0.4) is 0 Å². The van der Waals surface area contributed by atoms with Crippen molar-refractivity contribution in [3.8, 4) is 0 Å². The van der Waals surface area contributed by atoms with Crippen LogP contribution in [0.1, 0.15) is 27.7 Å². The molecule has 1 aliphatic rings. The van der Waals surface area contributed by atoms with Crippen molar-refractivity contribution < 1.29 is 14.4 Å². The van der Waals surface area contributed by atoms with E-state index in [9.17, 15) is 4.79 Å². The van der Waals surface area contributed by atoms with Gasteiger partial charge in [0, 0.05) is 5.41 Å². The molecule has 0 radical (unpaired) electrons. The lowest BCUT2D eigenvalue weighted by molar-refractivity contribution is -0.145. The Labute approximate surface area is 84.3 Å². The Hall–Kier alpha value is -1.06. The van der Waals surface area contributed by atoms with Gasteiger partial charge in [0.1, 0.15) is 12.0 Å². The Morgan fingerprint density at radius 3 is 2.50 bits per heavy atom. The number of esters is 1. The Balaban J connectivity index is 2.91. The van der Waals surface area contributed by atoms with Crippen molar-refractivity contribution in [1.82, 2.24) is 0 Å². The van der Waals surface area contributed by atoms with Crippen LogP contribution in [-0.4, -0.2) is 24.9 Å². The highest BCUT2D eigenvalue weighted by atomic mass is 16.6. The van der Waals surface area contributed by atoms with E-state index in [4.69, 9.17) is 9.57 Å². The van der Waals surface area contributed by atoms with Crippen molar-refractivity contribution in [3.63, 3.8) is 0 Å². The molecule has 0 saturated heterocycles. The van der Waals surface area contributed by atoms with E-state index in [-0.39, 0.29) is 23.4 Å². The summed E-state index contributed by atoms with van der Waals surface area (Å²) in [5.74, 6) is -0.635. The molecule has 0 bridgehead atoms. The summed E-state index contributed by atoms with van der Waals surface area (Å²) >= 11 is 0. The molecule has 4 nitrogen and oxygen atoms in total. The van der Waals surface area contributed by atoms with Crippen molar-refractivity contribution in [2.24, 2.45) is 16.5 Å². The predicted octanol–water partition coefficient (Wildman–Crippen LogP) is 1.60. The summed E-state index contributed by atoms with van der Waals surface area (Å²) in [6, 6.07) is 0. The average molecular weight is 199 g/mol. The molecule has 1 rings (SSSR count). The van der Waals surface area contributed by atoms with Crippen LogP contribution in [-0.2, 0) is 14.4 Å². The molecule has 0 fully saturated rings. The number of oxime groups is 1. The van der Waals surface area contributed by atoms with Gasteiger partial charge in [0.2, 0.25) is 0 Å². The summed E-state index contributed by atoms with van der Waals surface area (Å²) in [4.78, 5) is 16.6. The highest BCUT2D eigenvalue weighted by Gasteiger charge is 2.42. The van der Waals surface area contributed by atoms with Gasteiger partial charge in [-0.05, 0) is 6.92 Å². The molecule has 1 heterocycles.